The Hall–Kier alpha value is -2.40. The van der Waals surface area contributed by atoms with E-state index in [0.29, 0.717) is 5.75 Å². The maximum Gasteiger partial charge on any atom is 0.262 e. The number of aromatic nitrogens is 1. The summed E-state index contributed by atoms with van der Waals surface area (Å²) in [5.74, 6) is 0.538. The van der Waals surface area contributed by atoms with Crippen LogP contribution in [0.5, 0.6) is 5.75 Å². The molecule has 3 rings (SSSR count). The van der Waals surface area contributed by atoms with Crippen molar-refractivity contribution >= 4 is 33.1 Å². The van der Waals surface area contributed by atoms with Crippen LogP contribution in [0, 0.1) is 20.8 Å². The van der Waals surface area contributed by atoms with Gasteiger partial charge in [0.05, 0.1) is 15.2 Å². The van der Waals surface area contributed by atoms with Gasteiger partial charge in [0, 0.05) is 5.69 Å². The average molecular weight is 326 g/mol. The first-order chi connectivity index (χ1) is 11.0. The van der Waals surface area contributed by atoms with E-state index in [1.54, 1.807) is 11.3 Å². The highest BCUT2D eigenvalue weighted by atomic mass is 32.1. The van der Waals surface area contributed by atoms with Gasteiger partial charge in [-0.05, 0) is 62.2 Å². The summed E-state index contributed by atoms with van der Waals surface area (Å²) >= 11 is 1.61. The van der Waals surface area contributed by atoms with E-state index >= 15 is 0 Å². The molecule has 2 aromatic carbocycles. The third-order valence-corrected chi connectivity index (χ3v) is 4.28. The molecular formula is C18H18N2O2S. The van der Waals surface area contributed by atoms with Gasteiger partial charge in [0.15, 0.2) is 6.61 Å². The Labute approximate surface area is 139 Å². The minimum absolute atomic E-state index is 0.0113. The van der Waals surface area contributed by atoms with Gasteiger partial charge in [-0.1, -0.05) is 6.07 Å². The number of nitrogens with zero attached hydrogens (tertiary/aromatic N) is 1. The van der Waals surface area contributed by atoms with Gasteiger partial charge in [-0.2, -0.15) is 0 Å². The molecule has 0 unspecified atom stereocenters. The summed E-state index contributed by atoms with van der Waals surface area (Å²) in [6.45, 7) is 5.97. The quantitative estimate of drug-likeness (QED) is 0.780. The SMILES string of the molecule is Cc1cc(C)cc(OCC(=O)Nc2ccc3nc(C)sc3c2)c1. The number of hydrogen-bond donors (Lipinski definition) is 1. The topological polar surface area (TPSA) is 51.2 Å². The standard InChI is InChI=1S/C18H18N2O2S/c1-11-6-12(2)8-15(7-11)22-10-18(21)20-14-4-5-16-17(9-14)23-13(3)19-16/h4-9H,10H2,1-3H3,(H,20,21). The molecule has 0 fully saturated rings. The molecule has 118 valence electrons. The van der Waals surface area contributed by atoms with Crippen molar-refractivity contribution in [2.75, 3.05) is 11.9 Å². The van der Waals surface area contributed by atoms with E-state index in [1.807, 2.05) is 51.1 Å². The lowest BCUT2D eigenvalue weighted by molar-refractivity contribution is -0.118. The number of rotatable bonds is 4. The van der Waals surface area contributed by atoms with E-state index in [2.05, 4.69) is 16.4 Å². The molecule has 0 saturated heterocycles. The zero-order chi connectivity index (χ0) is 16.4. The third kappa shape index (κ3) is 3.87. The van der Waals surface area contributed by atoms with Crippen LogP contribution in [0.25, 0.3) is 10.2 Å². The molecule has 23 heavy (non-hydrogen) atoms. The summed E-state index contributed by atoms with van der Waals surface area (Å²) in [6.07, 6.45) is 0. The highest BCUT2D eigenvalue weighted by Gasteiger charge is 2.07. The molecule has 1 N–H and O–H groups in total. The number of carbonyl (C=O) groups is 1. The predicted molar refractivity (Wildman–Crippen MR) is 94.4 cm³/mol. The van der Waals surface area contributed by atoms with Crippen molar-refractivity contribution in [2.45, 2.75) is 20.8 Å². The van der Waals surface area contributed by atoms with Gasteiger partial charge in [0.25, 0.3) is 5.91 Å². The Morgan fingerprint density at radius 3 is 2.61 bits per heavy atom. The number of amides is 1. The van der Waals surface area contributed by atoms with Crippen molar-refractivity contribution in [3.05, 3.63) is 52.5 Å². The second-order valence-corrected chi connectivity index (χ2v) is 6.81. The van der Waals surface area contributed by atoms with Crippen LogP contribution in [0.4, 0.5) is 5.69 Å². The van der Waals surface area contributed by atoms with Crippen LogP contribution in [-0.2, 0) is 4.79 Å². The molecule has 3 aromatic rings. The third-order valence-electron chi connectivity index (χ3n) is 3.34. The van der Waals surface area contributed by atoms with Crippen molar-refractivity contribution in [2.24, 2.45) is 0 Å². The second kappa shape index (κ2) is 6.38. The van der Waals surface area contributed by atoms with Gasteiger partial charge in [-0.15, -0.1) is 11.3 Å². The van der Waals surface area contributed by atoms with Crippen molar-refractivity contribution < 1.29 is 9.53 Å². The van der Waals surface area contributed by atoms with E-state index in [0.717, 1.165) is 32.0 Å². The van der Waals surface area contributed by atoms with Crippen LogP contribution in [0.15, 0.2) is 36.4 Å². The highest BCUT2D eigenvalue weighted by molar-refractivity contribution is 7.18. The lowest BCUT2D eigenvalue weighted by atomic mass is 10.1. The monoisotopic (exact) mass is 326 g/mol. The molecule has 5 heteroatoms. The maximum atomic E-state index is 12.0. The fraction of sp³-hybridized carbons (Fsp3) is 0.222. The molecule has 0 aliphatic heterocycles. The largest absolute Gasteiger partial charge is 0.484 e. The summed E-state index contributed by atoms with van der Waals surface area (Å²) in [6, 6.07) is 11.6. The molecular weight excluding hydrogens is 308 g/mol. The van der Waals surface area contributed by atoms with Crippen molar-refractivity contribution in [3.8, 4) is 5.75 Å². The van der Waals surface area contributed by atoms with Crippen LogP contribution < -0.4 is 10.1 Å². The van der Waals surface area contributed by atoms with Gasteiger partial charge in [0.1, 0.15) is 5.75 Å². The summed E-state index contributed by atoms with van der Waals surface area (Å²) in [7, 11) is 0. The van der Waals surface area contributed by atoms with Crippen molar-refractivity contribution in [1.29, 1.82) is 0 Å². The molecule has 0 saturated carbocycles. The second-order valence-electron chi connectivity index (χ2n) is 5.58. The smallest absolute Gasteiger partial charge is 0.262 e. The maximum absolute atomic E-state index is 12.0. The van der Waals surface area contributed by atoms with Gasteiger partial charge in [-0.3, -0.25) is 4.79 Å². The van der Waals surface area contributed by atoms with Gasteiger partial charge in [-0.25, -0.2) is 4.98 Å². The van der Waals surface area contributed by atoms with Gasteiger partial charge in [0.2, 0.25) is 0 Å². The van der Waals surface area contributed by atoms with E-state index in [1.165, 1.54) is 0 Å². The number of benzene rings is 2. The number of fused-ring (bicyclic) bond motifs is 1. The fourth-order valence-corrected chi connectivity index (χ4v) is 3.35. The highest BCUT2D eigenvalue weighted by Crippen LogP contribution is 2.24. The van der Waals surface area contributed by atoms with E-state index in [9.17, 15) is 4.79 Å². The van der Waals surface area contributed by atoms with Gasteiger partial charge < -0.3 is 10.1 Å². The summed E-state index contributed by atoms with van der Waals surface area (Å²) in [5.41, 5.74) is 3.95. The predicted octanol–water partition coefficient (Wildman–Crippen LogP) is 4.24. The van der Waals surface area contributed by atoms with Crippen molar-refractivity contribution in [1.82, 2.24) is 4.98 Å². The molecule has 0 bridgehead atoms. The number of ether oxygens (including phenoxy) is 1. The molecule has 0 aliphatic carbocycles. The van der Waals surface area contributed by atoms with Crippen LogP contribution >= 0.6 is 11.3 Å². The van der Waals surface area contributed by atoms with Crippen LogP contribution in [0.1, 0.15) is 16.1 Å². The molecule has 1 heterocycles. The first kappa shape index (κ1) is 15.5. The number of thiazole rings is 1. The minimum atomic E-state index is -0.176. The fourth-order valence-electron chi connectivity index (χ4n) is 2.48. The average Bonchev–Trinajstić information content (AvgIpc) is 2.83. The lowest BCUT2D eigenvalue weighted by Crippen LogP contribution is -2.20. The minimum Gasteiger partial charge on any atom is -0.484 e. The number of hydrogen-bond acceptors (Lipinski definition) is 4. The van der Waals surface area contributed by atoms with Crippen LogP contribution in [-0.4, -0.2) is 17.5 Å². The van der Waals surface area contributed by atoms with Gasteiger partial charge >= 0.3 is 0 Å². The molecule has 0 radical (unpaired) electrons. The van der Waals surface area contributed by atoms with Crippen molar-refractivity contribution in [3.63, 3.8) is 0 Å². The first-order valence-corrected chi connectivity index (χ1v) is 8.19. The summed E-state index contributed by atoms with van der Waals surface area (Å²) in [4.78, 5) is 16.5. The summed E-state index contributed by atoms with van der Waals surface area (Å²) < 4.78 is 6.64. The Morgan fingerprint density at radius 1 is 1.13 bits per heavy atom. The molecule has 1 aromatic heterocycles. The number of anilines is 1. The zero-order valence-electron chi connectivity index (χ0n) is 13.3. The lowest BCUT2D eigenvalue weighted by Gasteiger charge is -2.09. The Kier molecular flexibility index (Phi) is 4.30. The molecule has 0 aliphatic rings. The Morgan fingerprint density at radius 2 is 1.87 bits per heavy atom. The number of aryl methyl sites for hydroxylation is 3. The summed E-state index contributed by atoms with van der Waals surface area (Å²) in [5, 5.41) is 3.87. The van der Waals surface area contributed by atoms with E-state index in [-0.39, 0.29) is 12.5 Å². The number of nitrogens with one attached hydrogen (secondary N) is 1. The van der Waals surface area contributed by atoms with E-state index < -0.39 is 0 Å². The molecule has 0 spiro atoms. The Balaban J connectivity index is 1.63. The number of carbonyl (C=O) groups excluding carboxylic acids is 1. The Bertz CT molecular complexity index is 850. The van der Waals surface area contributed by atoms with E-state index in [4.69, 9.17) is 4.74 Å². The molecule has 0 atom stereocenters. The van der Waals surface area contributed by atoms with Crippen LogP contribution in [0.3, 0.4) is 0 Å². The zero-order valence-corrected chi connectivity index (χ0v) is 14.2. The molecule has 4 nitrogen and oxygen atoms in total. The normalized spacial score (nSPS) is 10.7. The first-order valence-electron chi connectivity index (χ1n) is 7.38. The van der Waals surface area contributed by atoms with Crippen LogP contribution in [0.2, 0.25) is 0 Å². The molecule has 1 amide bonds.